The van der Waals surface area contributed by atoms with E-state index < -0.39 is 0 Å². The molecular weight excluding hydrogens is 200 g/mol. The summed E-state index contributed by atoms with van der Waals surface area (Å²) in [6.45, 7) is 9.26. The van der Waals surface area contributed by atoms with Crippen molar-refractivity contribution in [2.75, 3.05) is 6.54 Å². The highest BCUT2D eigenvalue weighted by atomic mass is 16.1. The highest BCUT2D eigenvalue weighted by molar-refractivity contribution is 5.76. The second kappa shape index (κ2) is 5.67. The fourth-order valence-corrected chi connectivity index (χ4v) is 2.18. The number of nitrogens with one attached hydrogen (secondary N) is 2. The minimum absolute atomic E-state index is 0.0807. The molecule has 0 aromatic rings. The van der Waals surface area contributed by atoms with Crippen LogP contribution in [-0.4, -0.2) is 24.5 Å². The number of rotatable bonds is 3. The van der Waals surface area contributed by atoms with Crippen molar-refractivity contribution in [3.05, 3.63) is 0 Å². The van der Waals surface area contributed by atoms with Crippen molar-refractivity contribution in [1.82, 2.24) is 10.6 Å². The van der Waals surface area contributed by atoms with E-state index in [4.69, 9.17) is 0 Å². The van der Waals surface area contributed by atoms with E-state index in [1.165, 1.54) is 19.3 Å². The van der Waals surface area contributed by atoms with Gasteiger partial charge in [-0.1, -0.05) is 27.2 Å². The summed E-state index contributed by atoms with van der Waals surface area (Å²) in [5.41, 5.74) is 0.0807. The van der Waals surface area contributed by atoms with Crippen LogP contribution in [0.5, 0.6) is 0 Å². The Kier molecular flexibility index (Phi) is 4.78. The molecule has 1 amide bonds. The Balaban J connectivity index is 2.21. The molecule has 0 aliphatic carbocycles. The summed E-state index contributed by atoms with van der Waals surface area (Å²) in [5.74, 6) is 0.174. The molecule has 2 unspecified atom stereocenters. The molecule has 0 spiro atoms. The molecular formula is C13H26N2O. The lowest BCUT2D eigenvalue weighted by atomic mass is 9.92. The molecule has 0 saturated carbocycles. The van der Waals surface area contributed by atoms with Gasteiger partial charge in [-0.15, -0.1) is 0 Å². The van der Waals surface area contributed by atoms with Crippen LogP contribution < -0.4 is 10.6 Å². The SMILES string of the molecule is CC1CCCC(CNC(=O)CC(C)(C)C)N1. The summed E-state index contributed by atoms with van der Waals surface area (Å²) in [4.78, 5) is 11.6. The lowest BCUT2D eigenvalue weighted by molar-refractivity contribution is -0.122. The third-order valence-corrected chi connectivity index (χ3v) is 2.95. The van der Waals surface area contributed by atoms with Gasteiger partial charge in [0, 0.05) is 25.0 Å². The van der Waals surface area contributed by atoms with E-state index in [2.05, 4.69) is 38.3 Å². The van der Waals surface area contributed by atoms with Gasteiger partial charge in [0.2, 0.25) is 5.91 Å². The summed E-state index contributed by atoms with van der Waals surface area (Å²) >= 11 is 0. The predicted molar refractivity (Wildman–Crippen MR) is 67.3 cm³/mol. The molecule has 3 heteroatoms. The fourth-order valence-electron chi connectivity index (χ4n) is 2.18. The first-order valence-corrected chi connectivity index (χ1v) is 6.39. The van der Waals surface area contributed by atoms with Crippen LogP contribution in [0.25, 0.3) is 0 Å². The predicted octanol–water partition coefficient (Wildman–Crippen LogP) is 2.07. The maximum Gasteiger partial charge on any atom is 0.220 e. The van der Waals surface area contributed by atoms with Gasteiger partial charge in [0.05, 0.1) is 0 Å². The topological polar surface area (TPSA) is 41.1 Å². The number of hydrogen-bond acceptors (Lipinski definition) is 2. The van der Waals surface area contributed by atoms with Gasteiger partial charge in [0.15, 0.2) is 0 Å². The van der Waals surface area contributed by atoms with Crippen molar-refractivity contribution in [3.8, 4) is 0 Å². The van der Waals surface area contributed by atoms with E-state index in [9.17, 15) is 4.79 Å². The third kappa shape index (κ3) is 5.50. The summed E-state index contributed by atoms with van der Waals surface area (Å²) in [7, 11) is 0. The molecule has 16 heavy (non-hydrogen) atoms. The quantitative estimate of drug-likeness (QED) is 0.773. The van der Waals surface area contributed by atoms with Crippen molar-refractivity contribution in [3.63, 3.8) is 0 Å². The minimum Gasteiger partial charge on any atom is -0.355 e. The minimum atomic E-state index is 0.0807. The van der Waals surface area contributed by atoms with Gasteiger partial charge >= 0.3 is 0 Å². The first-order chi connectivity index (χ1) is 7.37. The summed E-state index contributed by atoms with van der Waals surface area (Å²) in [5, 5.41) is 6.55. The molecule has 0 radical (unpaired) electrons. The lowest BCUT2D eigenvalue weighted by Crippen LogP contribution is -2.47. The molecule has 1 fully saturated rings. The molecule has 1 aliphatic heterocycles. The van der Waals surface area contributed by atoms with Gasteiger partial charge in [-0.2, -0.15) is 0 Å². The van der Waals surface area contributed by atoms with Crippen LogP contribution in [0, 0.1) is 5.41 Å². The van der Waals surface area contributed by atoms with E-state index in [0.29, 0.717) is 18.5 Å². The maximum atomic E-state index is 11.6. The number of piperidine rings is 1. The standard InChI is InChI=1S/C13H26N2O/c1-10-6-5-7-11(15-10)9-14-12(16)8-13(2,3)4/h10-11,15H,5-9H2,1-4H3,(H,14,16). The summed E-state index contributed by atoms with van der Waals surface area (Å²) in [6.07, 6.45) is 4.32. The smallest absolute Gasteiger partial charge is 0.220 e. The van der Waals surface area contributed by atoms with Crippen LogP contribution in [0.15, 0.2) is 0 Å². The summed E-state index contributed by atoms with van der Waals surface area (Å²) in [6, 6.07) is 1.06. The van der Waals surface area contributed by atoms with E-state index >= 15 is 0 Å². The van der Waals surface area contributed by atoms with Gasteiger partial charge in [-0.05, 0) is 25.2 Å². The fraction of sp³-hybridized carbons (Fsp3) is 0.923. The van der Waals surface area contributed by atoms with E-state index in [0.717, 1.165) is 6.54 Å². The van der Waals surface area contributed by atoms with Crippen molar-refractivity contribution in [1.29, 1.82) is 0 Å². The molecule has 2 N–H and O–H groups in total. The molecule has 1 rings (SSSR count). The molecule has 94 valence electrons. The monoisotopic (exact) mass is 226 g/mol. The van der Waals surface area contributed by atoms with E-state index in [-0.39, 0.29) is 11.3 Å². The average molecular weight is 226 g/mol. The zero-order valence-corrected chi connectivity index (χ0v) is 11.1. The van der Waals surface area contributed by atoms with Crippen LogP contribution in [0.2, 0.25) is 0 Å². The van der Waals surface area contributed by atoms with Gasteiger partial charge in [0.25, 0.3) is 0 Å². The Morgan fingerprint density at radius 3 is 2.62 bits per heavy atom. The Hall–Kier alpha value is -0.570. The van der Waals surface area contributed by atoms with Crippen molar-refractivity contribution in [2.24, 2.45) is 5.41 Å². The number of carbonyl (C=O) groups is 1. The molecule has 0 aromatic heterocycles. The Labute approximate surface area is 99.4 Å². The van der Waals surface area contributed by atoms with Crippen LogP contribution in [0.1, 0.15) is 53.4 Å². The van der Waals surface area contributed by atoms with Crippen molar-refractivity contribution < 1.29 is 4.79 Å². The van der Waals surface area contributed by atoms with Crippen LogP contribution in [-0.2, 0) is 4.79 Å². The highest BCUT2D eigenvalue weighted by Crippen LogP contribution is 2.18. The highest BCUT2D eigenvalue weighted by Gasteiger charge is 2.20. The van der Waals surface area contributed by atoms with Gasteiger partial charge in [-0.25, -0.2) is 0 Å². The normalized spacial score (nSPS) is 26.5. The third-order valence-electron chi connectivity index (χ3n) is 2.95. The molecule has 0 bridgehead atoms. The first-order valence-electron chi connectivity index (χ1n) is 6.39. The second-order valence-corrected chi connectivity index (χ2v) is 6.24. The van der Waals surface area contributed by atoms with Crippen molar-refractivity contribution in [2.45, 2.75) is 65.5 Å². The van der Waals surface area contributed by atoms with E-state index in [1.54, 1.807) is 0 Å². The van der Waals surface area contributed by atoms with E-state index in [1.807, 2.05) is 0 Å². The van der Waals surface area contributed by atoms with Crippen molar-refractivity contribution >= 4 is 5.91 Å². The van der Waals surface area contributed by atoms with Crippen LogP contribution in [0.4, 0.5) is 0 Å². The molecule has 3 nitrogen and oxygen atoms in total. The Morgan fingerprint density at radius 1 is 1.38 bits per heavy atom. The Morgan fingerprint density at radius 2 is 2.06 bits per heavy atom. The number of amides is 1. The molecule has 1 heterocycles. The van der Waals surface area contributed by atoms with Gasteiger partial charge in [-0.3, -0.25) is 4.79 Å². The zero-order valence-electron chi connectivity index (χ0n) is 11.1. The molecule has 0 aromatic carbocycles. The Bertz CT molecular complexity index is 233. The van der Waals surface area contributed by atoms with Crippen LogP contribution >= 0.6 is 0 Å². The zero-order chi connectivity index (χ0) is 12.2. The van der Waals surface area contributed by atoms with Gasteiger partial charge < -0.3 is 10.6 Å². The number of hydrogen-bond donors (Lipinski definition) is 2. The second-order valence-electron chi connectivity index (χ2n) is 6.24. The molecule has 1 aliphatic rings. The molecule has 2 atom stereocenters. The summed E-state index contributed by atoms with van der Waals surface area (Å²) < 4.78 is 0. The van der Waals surface area contributed by atoms with Gasteiger partial charge in [0.1, 0.15) is 0 Å². The number of carbonyl (C=O) groups excluding carboxylic acids is 1. The van der Waals surface area contributed by atoms with Crippen LogP contribution in [0.3, 0.4) is 0 Å². The average Bonchev–Trinajstić information content (AvgIpc) is 2.12. The first kappa shape index (κ1) is 13.5. The molecule has 1 saturated heterocycles. The lowest BCUT2D eigenvalue weighted by Gasteiger charge is -2.29. The maximum absolute atomic E-state index is 11.6. The largest absolute Gasteiger partial charge is 0.355 e.